The van der Waals surface area contributed by atoms with Crippen molar-refractivity contribution in [3.05, 3.63) is 59.7 Å². The topological polar surface area (TPSA) is 49.8 Å². The quantitative estimate of drug-likeness (QED) is 0.918. The maximum absolute atomic E-state index is 12.3. The molecule has 0 atom stereocenters. The molecule has 3 rings (SSSR count). The van der Waals surface area contributed by atoms with Crippen molar-refractivity contribution in [2.24, 2.45) is 0 Å². The Labute approximate surface area is 123 Å². The lowest BCUT2D eigenvalue weighted by Crippen LogP contribution is -2.35. The number of phenolic OH excluding ortho intramolecular Hbond substituents is 1. The molecule has 4 heteroatoms. The van der Waals surface area contributed by atoms with Crippen LogP contribution in [0.2, 0.25) is 0 Å². The first-order valence-electron chi connectivity index (χ1n) is 7.05. The Morgan fingerprint density at radius 2 is 1.95 bits per heavy atom. The fourth-order valence-corrected chi connectivity index (χ4v) is 2.59. The van der Waals surface area contributed by atoms with Crippen molar-refractivity contribution in [1.82, 2.24) is 0 Å². The van der Waals surface area contributed by atoms with Crippen LogP contribution in [-0.2, 0) is 17.8 Å². The van der Waals surface area contributed by atoms with Crippen LogP contribution in [0.5, 0.6) is 5.75 Å². The molecule has 108 valence electrons. The van der Waals surface area contributed by atoms with Crippen LogP contribution in [0.4, 0.5) is 10.5 Å². The number of aromatic hydroxyl groups is 1. The van der Waals surface area contributed by atoms with Crippen molar-refractivity contribution in [1.29, 1.82) is 0 Å². The van der Waals surface area contributed by atoms with Crippen LogP contribution in [0.1, 0.15) is 17.5 Å². The van der Waals surface area contributed by atoms with Gasteiger partial charge in [-0.2, -0.15) is 0 Å². The molecule has 1 amide bonds. The average Bonchev–Trinajstić information content (AvgIpc) is 2.53. The highest BCUT2D eigenvalue weighted by atomic mass is 16.6. The molecule has 0 bridgehead atoms. The SMILES string of the molecule is O=C(OCc1ccccc1)N1CCCc2c(O)cccc21. The fourth-order valence-electron chi connectivity index (χ4n) is 2.59. The van der Waals surface area contributed by atoms with Crippen molar-refractivity contribution in [3.8, 4) is 5.75 Å². The molecule has 1 aliphatic heterocycles. The first kappa shape index (κ1) is 13.5. The summed E-state index contributed by atoms with van der Waals surface area (Å²) in [5.74, 6) is 0.244. The number of ether oxygens (including phenoxy) is 1. The summed E-state index contributed by atoms with van der Waals surface area (Å²) in [4.78, 5) is 13.9. The summed E-state index contributed by atoms with van der Waals surface area (Å²) in [5, 5.41) is 9.89. The molecule has 0 spiro atoms. The molecule has 0 saturated carbocycles. The molecule has 0 saturated heterocycles. The van der Waals surface area contributed by atoms with Crippen LogP contribution in [0.25, 0.3) is 0 Å². The maximum Gasteiger partial charge on any atom is 0.414 e. The van der Waals surface area contributed by atoms with Crippen LogP contribution >= 0.6 is 0 Å². The largest absolute Gasteiger partial charge is 0.508 e. The molecular weight excluding hydrogens is 266 g/mol. The van der Waals surface area contributed by atoms with E-state index in [2.05, 4.69) is 0 Å². The van der Waals surface area contributed by atoms with E-state index in [4.69, 9.17) is 4.74 Å². The molecule has 0 fully saturated rings. The van der Waals surface area contributed by atoms with E-state index in [1.54, 1.807) is 17.0 Å². The molecule has 2 aromatic carbocycles. The Balaban J connectivity index is 1.73. The Bertz CT molecular complexity index is 640. The molecule has 1 aliphatic rings. The third-order valence-corrected chi connectivity index (χ3v) is 3.65. The van der Waals surface area contributed by atoms with E-state index in [-0.39, 0.29) is 18.4 Å². The fraction of sp³-hybridized carbons (Fsp3) is 0.235. The Morgan fingerprint density at radius 1 is 1.14 bits per heavy atom. The van der Waals surface area contributed by atoms with Gasteiger partial charge < -0.3 is 9.84 Å². The molecule has 1 heterocycles. The average molecular weight is 283 g/mol. The van der Waals surface area contributed by atoms with Crippen LogP contribution in [0.3, 0.4) is 0 Å². The summed E-state index contributed by atoms with van der Waals surface area (Å²) >= 11 is 0. The number of amides is 1. The van der Waals surface area contributed by atoms with Crippen molar-refractivity contribution in [2.45, 2.75) is 19.4 Å². The van der Waals surface area contributed by atoms with E-state index in [0.29, 0.717) is 6.54 Å². The summed E-state index contributed by atoms with van der Waals surface area (Å²) in [6.07, 6.45) is 1.24. The summed E-state index contributed by atoms with van der Waals surface area (Å²) in [6, 6.07) is 14.8. The zero-order valence-electron chi connectivity index (χ0n) is 11.7. The van der Waals surface area contributed by atoms with Crippen molar-refractivity contribution < 1.29 is 14.6 Å². The van der Waals surface area contributed by atoms with Gasteiger partial charge in [0.05, 0.1) is 5.69 Å². The molecule has 21 heavy (non-hydrogen) atoms. The van der Waals surface area contributed by atoms with Gasteiger partial charge in [-0.3, -0.25) is 4.90 Å². The number of nitrogens with zero attached hydrogens (tertiary/aromatic N) is 1. The highest BCUT2D eigenvalue weighted by Gasteiger charge is 2.25. The van der Waals surface area contributed by atoms with Crippen molar-refractivity contribution in [3.63, 3.8) is 0 Å². The smallest absolute Gasteiger partial charge is 0.414 e. The minimum Gasteiger partial charge on any atom is -0.508 e. The lowest BCUT2D eigenvalue weighted by atomic mass is 10.0. The van der Waals surface area contributed by atoms with E-state index in [9.17, 15) is 9.90 Å². The van der Waals surface area contributed by atoms with Gasteiger partial charge in [-0.05, 0) is 30.5 Å². The lowest BCUT2D eigenvalue weighted by Gasteiger charge is -2.29. The zero-order chi connectivity index (χ0) is 14.7. The molecule has 2 aromatic rings. The first-order chi connectivity index (χ1) is 10.3. The number of hydrogen-bond acceptors (Lipinski definition) is 3. The molecule has 1 N–H and O–H groups in total. The van der Waals surface area contributed by atoms with Gasteiger partial charge in [-0.15, -0.1) is 0 Å². The molecule has 0 aromatic heterocycles. The normalized spacial score (nSPS) is 13.6. The number of rotatable bonds is 2. The number of hydrogen-bond donors (Lipinski definition) is 1. The monoisotopic (exact) mass is 283 g/mol. The van der Waals surface area contributed by atoms with Gasteiger partial charge in [0, 0.05) is 12.1 Å². The second-order valence-corrected chi connectivity index (χ2v) is 5.07. The molecule has 0 aliphatic carbocycles. The van der Waals surface area contributed by atoms with E-state index in [1.165, 1.54) is 0 Å². The van der Waals surface area contributed by atoms with Gasteiger partial charge >= 0.3 is 6.09 Å². The number of anilines is 1. The minimum absolute atomic E-state index is 0.244. The summed E-state index contributed by atoms with van der Waals surface area (Å²) in [6.45, 7) is 0.869. The first-order valence-corrected chi connectivity index (χ1v) is 7.05. The van der Waals surface area contributed by atoms with E-state index < -0.39 is 0 Å². The number of benzene rings is 2. The van der Waals surface area contributed by atoms with Gasteiger partial charge in [0.25, 0.3) is 0 Å². The minimum atomic E-state index is -0.370. The zero-order valence-corrected chi connectivity index (χ0v) is 11.7. The standard InChI is InChI=1S/C17H17NO3/c19-16-10-4-9-15-14(16)8-5-11-18(15)17(20)21-12-13-6-2-1-3-7-13/h1-4,6-7,9-10,19H,5,8,11-12H2. The van der Waals surface area contributed by atoms with Crippen LogP contribution < -0.4 is 4.90 Å². The number of carbonyl (C=O) groups excluding carboxylic acids is 1. The van der Waals surface area contributed by atoms with Crippen LogP contribution in [0.15, 0.2) is 48.5 Å². The van der Waals surface area contributed by atoms with E-state index in [1.807, 2.05) is 36.4 Å². The van der Waals surface area contributed by atoms with Gasteiger partial charge in [0.15, 0.2) is 0 Å². The van der Waals surface area contributed by atoms with E-state index in [0.717, 1.165) is 29.7 Å². The predicted octanol–water partition coefficient (Wildman–Crippen LogP) is 3.48. The van der Waals surface area contributed by atoms with Gasteiger partial charge in [0.1, 0.15) is 12.4 Å². The van der Waals surface area contributed by atoms with Gasteiger partial charge in [-0.1, -0.05) is 36.4 Å². The Hall–Kier alpha value is -2.49. The second-order valence-electron chi connectivity index (χ2n) is 5.07. The molecule has 0 radical (unpaired) electrons. The molecule has 0 unspecified atom stereocenters. The molecule has 4 nitrogen and oxygen atoms in total. The summed E-state index contributed by atoms with van der Waals surface area (Å²) in [5.41, 5.74) is 2.53. The van der Waals surface area contributed by atoms with E-state index >= 15 is 0 Å². The summed E-state index contributed by atoms with van der Waals surface area (Å²) < 4.78 is 5.37. The highest BCUT2D eigenvalue weighted by Crippen LogP contribution is 2.33. The predicted molar refractivity (Wildman–Crippen MR) is 80.4 cm³/mol. The molecular formula is C17H17NO3. The van der Waals surface area contributed by atoms with Crippen molar-refractivity contribution in [2.75, 3.05) is 11.4 Å². The van der Waals surface area contributed by atoms with Crippen LogP contribution in [0, 0.1) is 0 Å². The third kappa shape index (κ3) is 2.84. The number of carbonyl (C=O) groups is 1. The second kappa shape index (κ2) is 5.87. The van der Waals surface area contributed by atoms with Gasteiger partial charge in [-0.25, -0.2) is 4.79 Å². The Morgan fingerprint density at radius 3 is 2.76 bits per heavy atom. The number of fused-ring (bicyclic) bond motifs is 1. The number of phenols is 1. The third-order valence-electron chi connectivity index (χ3n) is 3.65. The Kier molecular flexibility index (Phi) is 3.77. The van der Waals surface area contributed by atoms with Crippen molar-refractivity contribution >= 4 is 11.8 Å². The maximum atomic E-state index is 12.3. The van der Waals surface area contributed by atoms with Gasteiger partial charge in [0.2, 0.25) is 0 Å². The summed E-state index contributed by atoms with van der Waals surface area (Å²) in [7, 11) is 0. The van der Waals surface area contributed by atoms with Crippen LogP contribution in [-0.4, -0.2) is 17.7 Å². The lowest BCUT2D eigenvalue weighted by molar-refractivity contribution is 0.146. The highest BCUT2D eigenvalue weighted by molar-refractivity contribution is 5.89.